The molecule has 0 radical (unpaired) electrons. The van der Waals surface area contributed by atoms with E-state index in [9.17, 15) is 19.1 Å². The molecule has 0 aliphatic rings. The number of hydrogen-bond acceptors (Lipinski definition) is 4. The van der Waals surface area contributed by atoms with Gasteiger partial charge in [-0.05, 0) is 42.2 Å². The van der Waals surface area contributed by atoms with E-state index < -0.39 is 17.7 Å². The minimum Gasteiger partial charge on any atom is -0.508 e. The smallest absolute Gasteiger partial charge is 0.397 e. The molecule has 0 atom stereocenters. The van der Waals surface area contributed by atoms with Gasteiger partial charge in [-0.3, -0.25) is 4.79 Å². The summed E-state index contributed by atoms with van der Waals surface area (Å²) in [6.45, 7) is 5.22. The molecule has 2 aromatic rings. The van der Waals surface area contributed by atoms with Crippen LogP contribution < -0.4 is 5.32 Å². The topological polar surface area (TPSA) is 75.6 Å². The third kappa shape index (κ3) is 4.94. The van der Waals surface area contributed by atoms with Gasteiger partial charge in [-0.15, -0.1) is 0 Å². The van der Waals surface area contributed by atoms with E-state index in [1.54, 1.807) is 20.8 Å². The molecule has 2 rings (SSSR count). The molecule has 2 aromatic carbocycles. The van der Waals surface area contributed by atoms with Crippen LogP contribution in [0.1, 0.15) is 43.4 Å². The highest BCUT2D eigenvalue weighted by Gasteiger charge is 2.20. The lowest BCUT2D eigenvalue weighted by molar-refractivity contribution is -0.152. The van der Waals surface area contributed by atoms with Gasteiger partial charge >= 0.3 is 11.9 Å². The molecule has 5 nitrogen and oxygen atoms in total. The number of phenolic OH excluding ortho intramolecular Hbond substituents is 1. The zero-order valence-corrected chi connectivity index (χ0v) is 17.1. The number of carbonyl (C=O) groups excluding carboxylic acids is 2. The van der Waals surface area contributed by atoms with Crippen molar-refractivity contribution in [2.75, 3.05) is 11.9 Å². The first kappa shape index (κ1) is 22.0. The SMILES string of the molecule is CCOC(=O)C(=O)Nc1cc(Cl)c(Cc2ccc(O)c(C(C)C)c2F)c(Cl)c1. The Bertz CT molecular complexity index is 892. The number of anilines is 1. The van der Waals surface area contributed by atoms with Gasteiger partial charge in [0, 0.05) is 27.7 Å². The average Bonchev–Trinajstić information content (AvgIpc) is 2.59. The summed E-state index contributed by atoms with van der Waals surface area (Å²) in [6.07, 6.45) is 0.0929. The molecule has 1 amide bonds. The fourth-order valence-electron chi connectivity index (χ4n) is 2.73. The van der Waals surface area contributed by atoms with E-state index in [2.05, 4.69) is 10.1 Å². The fourth-order valence-corrected chi connectivity index (χ4v) is 3.35. The number of hydrogen-bond donors (Lipinski definition) is 2. The van der Waals surface area contributed by atoms with Crippen molar-refractivity contribution in [3.05, 3.63) is 56.8 Å². The molecule has 0 fully saturated rings. The third-order valence-electron chi connectivity index (χ3n) is 4.04. The van der Waals surface area contributed by atoms with Gasteiger partial charge in [0.15, 0.2) is 0 Å². The molecule has 0 saturated heterocycles. The highest BCUT2D eigenvalue weighted by atomic mass is 35.5. The Morgan fingerprint density at radius 1 is 1.21 bits per heavy atom. The Morgan fingerprint density at radius 3 is 2.36 bits per heavy atom. The van der Waals surface area contributed by atoms with Crippen LogP contribution in [0.25, 0.3) is 0 Å². The molecule has 2 N–H and O–H groups in total. The number of ether oxygens (including phenoxy) is 1. The second-order valence-corrected chi connectivity index (χ2v) is 7.21. The van der Waals surface area contributed by atoms with E-state index in [0.29, 0.717) is 11.1 Å². The number of halogens is 3. The van der Waals surface area contributed by atoms with Crippen molar-refractivity contribution in [3.63, 3.8) is 0 Å². The molecule has 28 heavy (non-hydrogen) atoms. The second kappa shape index (κ2) is 9.26. The second-order valence-electron chi connectivity index (χ2n) is 6.40. The average molecular weight is 428 g/mol. The van der Waals surface area contributed by atoms with E-state index in [4.69, 9.17) is 23.2 Å². The number of esters is 1. The van der Waals surface area contributed by atoms with E-state index >= 15 is 0 Å². The molecule has 0 heterocycles. The van der Waals surface area contributed by atoms with Gasteiger partial charge in [0.2, 0.25) is 0 Å². The number of nitrogens with one attached hydrogen (secondary N) is 1. The maximum atomic E-state index is 14.8. The first-order valence-electron chi connectivity index (χ1n) is 8.61. The van der Waals surface area contributed by atoms with Crippen LogP contribution in [0.2, 0.25) is 10.0 Å². The Kier molecular flexibility index (Phi) is 7.27. The van der Waals surface area contributed by atoms with Crippen molar-refractivity contribution < 1.29 is 23.8 Å². The summed E-state index contributed by atoms with van der Waals surface area (Å²) in [5, 5.41) is 12.6. The molecule has 150 valence electrons. The molecule has 0 aromatic heterocycles. The number of phenols is 1. The molecule has 0 aliphatic carbocycles. The van der Waals surface area contributed by atoms with Crippen LogP contribution >= 0.6 is 23.2 Å². The maximum absolute atomic E-state index is 14.8. The lowest BCUT2D eigenvalue weighted by atomic mass is 9.95. The summed E-state index contributed by atoms with van der Waals surface area (Å²) in [5.41, 5.74) is 1.22. The highest BCUT2D eigenvalue weighted by Crippen LogP contribution is 2.35. The molecular weight excluding hydrogens is 408 g/mol. The molecule has 8 heteroatoms. The van der Waals surface area contributed by atoms with E-state index in [1.807, 2.05) is 0 Å². The zero-order valence-electron chi connectivity index (χ0n) is 15.6. The van der Waals surface area contributed by atoms with Crippen molar-refractivity contribution in [2.45, 2.75) is 33.1 Å². The lowest BCUT2D eigenvalue weighted by Gasteiger charge is -2.15. The largest absolute Gasteiger partial charge is 0.508 e. The molecule has 0 saturated carbocycles. The summed E-state index contributed by atoms with van der Waals surface area (Å²) in [4.78, 5) is 23.1. The third-order valence-corrected chi connectivity index (χ3v) is 4.72. The van der Waals surface area contributed by atoms with E-state index in [1.165, 1.54) is 24.3 Å². The van der Waals surface area contributed by atoms with Crippen molar-refractivity contribution in [1.29, 1.82) is 0 Å². The van der Waals surface area contributed by atoms with Gasteiger partial charge in [-0.1, -0.05) is 43.1 Å². The van der Waals surface area contributed by atoms with E-state index in [-0.39, 0.29) is 46.0 Å². The number of benzene rings is 2. The van der Waals surface area contributed by atoms with Crippen LogP contribution in [0, 0.1) is 5.82 Å². The molecule has 0 unspecified atom stereocenters. The maximum Gasteiger partial charge on any atom is 0.397 e. The van der Waals surface area contributed by atoms with Crippen LogP contribution in [0.4, 0.5) is 10.1 Å². The van der Waals surface area contributed by atoms with Crippen molar-refractivity contribution in [1.82, 2.24) is 0 Å². The van der Waals surface area contributed by atoms with Crippen LogP contribution in [0.15, 0.2) is 24.3 Å². The standard InChI is InChI=1S/C20H20Cl2FNO4/c1-4-28-20(27)19(26)24-12-8-14(21)13(15(22)9-12)7-11-5-6-16(25)17(10(2)3)18(11)23/h5-6,8-10,25H,4,7H2,1-3H3,(H,24,26). The minimum atomic E-state index is -1.02. The van der Waals surface area contributed by atoms with Crippen LogP contribution in [0.5, 0.6) is 5.75 Å². The monoisotopic (exact) mass is 427 g/mol. The Hall–Kier alpha value is -2.31. The molecule has 0 aliphatic heterocycles. The number of carbonyl (C=O) groups is 2. The van der Waals surface area contributed by atoms with Crippen LogP contribution in [-0.2, 0) is 20.7 Å². The number of amides is 1. The number of rotatable bonds is 5. The lowest BCUT2D eigenvalue weighted by Crippen LogP contribution is -2.25. The van der Waals surface area contributed by atoms with Gasteiger partial charge in [-0.2, -0.15) is 0 Å². The summed E-state index contributed by atoms with van der Waals surface area (Å²) < 4.78 is 19.4. The van der Waals surface area contributed by atoms with Gasteiger partial charge in [0.05, 0.1) is 6.61 Å². The minimum absolute atomic E-state index is 0.0727. The summed E-state index contributed by atoms with van der Waals surface area (Å²) in [6, 6.07) is 5.74. The molecular formula is C20H20Cl2FNO4. The first-order chi connectivity index (χ1) is 13.1. The van der Waals surface area contributed by atoms with Gasteiger partial charge in [0.25, 0.3) is 0 Å². The first-order valence-corrected chi connectivity index (χ1v) is 9.37. The fraction of sp³-hybridized carbons (Fsp3) is 0.300. The van der Waals surface area contributed by atoms with Gasteiger partial charge in [-0.25, -0.2) is 9.18 Å². The molecule has 0 spiro atoms. The van der Waals surface area contributed by atoms with Crippen LogP contribution in [0.3, 0.4) is 0 Å². The summed E-state index contributed by atoms with van der Waals surface area (Å²) in [5.74, 6) is -2.79. The predicted octanol–water partition coefficient (Wildman–Crippen LogP) is 5.05. The van der Waals surface area contributed by atoms with Gasteiger partial charge in [0.1, 0.15) is 11.6 Å². The predicted molar refractivity (Wildman–Crippen MR) is 107 cm³/mol. The summed E-state index contributed by atoms with van der Waals surface area (Å²) >= 11 is 12.5. The van der Waals surface area contributed by atoms with Crippen LogP contribution in [-0.4, -0.2) is 23.6 Å². The van der Waals surface area contributed by atoms with Gasteiger partial charge < -0.3 is 15.2 Å². The number of aromatic hydroxyl groups is 1. The van der Waals surface area contributed by atoms with Crippen molar-refractivity contribution in [3.8, 4) is 5.75 Å². The highest BCUT2D eigenvalue weighted by molar-refractivity contribution is 6.39. The van der Waals surface area contributed by atoms with Crippen molar-refractivity contribution in [2.24, 2.45) is 0 Å². The normalized spacial score (nSPS) is 10.8. The Balaban J connectivity index is 2.31. The summed E-state index contributed by atoms with van der Waals surface area (Å²) in [7, 11) is 0. The van der Waals surface area contributed by atoms with E-state index in [0.717, 1.165) is 0 Å². The quantitative estimate of drug-likeness (QED) is 0.516. The Morgan fingerprint density at radius 2 is 1.82 bits per heavy atom. The van der Waals surface area contributed by atoms with Crippen molar-refractivity contribution >= 4 is 40.8 Å². The Labute approximate surface area is 172 Å². The molecule has 0 bridgehead atoms. The zero-order chi connectivity index (χ0) is 21.0.